The maximum Gasteiger partial charge on any atom is 0.173 e. The number of hydrogen-bond donors (Lipinski definition) is 1. The number of thiocarbonyl (C=S) groups is 1. The average molecular weight is 354 g/mol. The van der Waals surface area contributed by atoms with Crippen LogP contribution in [0, 0.1) is 20.8 Å². The summed E-state index contributed by atoms with van der Waals surface area (Å²) in [7, 11) is 0. The maximum atomic E-state index is 5.64. The molecule has 3 nitrogen and oxygen atoms in total. The number of benzene rings is 2. The molecule has 4 heteroatoms. The lowest BCUT2D eigenvalue weighted by Crippen LogP contribution is -2.49. The van der Waals surface area contributed by atoms with Gasteiger partial charge < -0.3 is 10.2 Å². The minimum atomic E-state index is 0.837. The normalized spacial score (nSPS) is 15.2. The van der Waals surface area contributed by atoms with Crippen molar-refractivity contribution >= 4 is 23.0 Å². The van der Waals surface area contributed by atoms with Crippen LogP contribution in [-0.2, 0) is 6.54 Å². The lowest BCUT2D eigenvalue weighted by atomic mass is 10.1. The Kier molecular flexibility index (Phi) is 5.71. The van der Waals surface area contributed by atoms with Crippen molar-refractivity contribution in [2.45, 2.75) is 27.3 Å². The number of nitrogens with zero attached hydrogens (tertiary/aromatic N) is 2. The van der Waals surface area contributed by atoms with E-state index < -0.39 is 0 Å². The molecule has 0 aromatic heterocycles. The SMILES string of the molecule is Cc1ccc(CN2CCN(C(=S)Nc3cccc(C)c3C)CC2)cc1. The number of nitrogens with one attached hydrogen (secondary N) is 1. The predicted octanol–water partition coefficient (Wildman–Crippen LogP) is 4.13. The third-order valence-corrected chi connectivity index (χ3v) is 5.39. The Morgan fingerprint density at radius 2 is 1.64 bits per heavy atom. The molecule has 0 atom stereocenters. The molecule has 2 aromatic rings. The molecule has 3 rings (SSSR count). The van der Waals surface area contributed by atoms with Gasteiger partial charge >= 0.3 is 0 Å². The molecule has 0 aliphatic carbocycles. The van der Waals surface area contributed by atoms with E-state index in [1.165, 1.54) is 22.3 Å². The van der Waals surface area contributed by atoms with Crippen molar-refractivity contribution in [1.82, 2.24) is 9.80 Å². The fraction of sp³-hybridized carbons (Fsp3) is 0.381. The monoisotopic (exact) mass is 353 g/mol. The third kappa shape index (κ3) is 4.59. The van der Waals surface area contributed by atoms with Crippen LogP contribution < -0.4 is 5.32 Å². The zero-order valence-corrected chi connectivity index (χ0v) is 16.2. The van der Waals surface area contributed by atoms with Gasteiger partial charge in [0.15, 0.2) is 5.11 Å². The van der Waals surface area contributed by atoms with E-state index in [4.69, 9.17) is 12.2 Å². The molecule has 0 bridgehead atoms. The van der Waals surface area contributed by atoms with Crippen LogP contribution in [0.15, 0.2) is 42.5 Å². The number of aryl methyl sites for hydroxylation is 2. The highest BCUT2D eigenvalue weighted by molar-refractivity contribution is 7.80. The van der Waals surface area contributed by atoms with Crippen molar-refractivity contribution in [3.05, 3.63) is 64.7 Å². The molecule has 1 fully saturated rings. The molecule has 0 saturated carbocycles. The number of rotatable bonds is 3. The summed E-state index contributed by atoms with van der Waals surface area (Å²) in [6.07, 6.45) is 0. The van der Waals surface area contributed by atoms with E-state index in [9.17, 15) is 0 Å². The van der Waals surface area contributed by atoms with Gasteiger partial charge in [-0.15, -0.1) is 0 Å². The Morgan fingerprint density at radius 3 is 2.32 bits per heavy atom. The van der Waals surface area contributed by atoms with Gasteiger partial charge in [-0.3, -0.25) is 4.90 Å². The second-order valence-corrected chi connectivity index (χ2v) is 7.31. The lowest BCUT2D eigenvalue weighted by molar-refractivity contribution is 0.177. The van der Waals surface area contributed by atoms with Gasteiger partial charge in [-0.1, -0.05) is 42.0 Å². The summed E-state index contributed by atoms with van der Waals surface area (Å²) >= 11 is 5.64. The van der Waals surface area contributed by atoms with Crippen molar-refractivity contribution in [2.75, 3.05) is 31.5 Å². The Bertz CT molecular complexity index is 731. The quantitative estimate of drug-likeness (QED) is 0.836. The summed E-state index contributed by atoms with van der Waals surface area (Å²) in [5.41, 5.74) is 6.37. The molecule has 1 heterocycles. The van der Waals surface area contributed by atoms with Crippen LogP contribution in [0.3, 0.4) is 0 Å². The molecular formula is C21H27N3S. The van der Waals surface area contributed by atoms with Gasteiger partial charge in [0.05, 0.1) is 0 Å². The fourth-order valence-corrected chi connectivity index (χ4v) is 3.43. The highest BCUT2D eigenvalue weighted by Gasteiger charge is 2.19. The van der Waals surface area contributed by atoms with E-state index >= 15 is 0 Å². The first-order valence-electron chi connectivity index (χ1n) is 8.93. The van der Waals surface area contributed by atoms with Crippen LogP contribution in [0.1, 0.15) is 22.3 Å². The molecule has 0 radical (unpaired) electrons. The molecule has 132 valence electrons. The van der Waals surface area contributed by atoms with Gasteiger partial charge in [-0.2, -0.15) is 0 Å². The maximum absolute atomic E-state index is 5.64. The van der Waals surface area contributed by atoms with Gasteiger partial charge in [-0.05, 0) is 55.7 Å². The lowest BCUT2D eigenvalue weighted by Gasteiger charge is -2.36. The second-order valence-electron chi connectivity index (χ2n) is 6.93. The van der Waals surface area contributed by atoms with Gasteiger partial charge in [0, 0.05) is 38.4 Å². The van der Waals surface area contributed by atoms with Crippen molar-refractivity contribution in [3.8, 4) is 0 Å². The van der Waals surface area contributed by atoms with E-state index in [0.29, 0.717) is 0 Å². The smallest absolute Gasteiger partial charge is 0.173 e. The Hall–Kier alpha value is -1.91. The first-order valence-corrected chi connectivity index (χ1v) is 9.34. The molecule has 2 aromatic carbocycles. The van der Waals surface area contributed by atoms with Gasteiger partial charge in [-0.25, -0.2) is 0 Å². The zero-order valence-electron chi connectivity index (χ0n) is 15.4. The van der Waals surface area contributed by atoms with E-state index in [0.717, 1.165) is 43.5 Å². The molecule has 0 spiro atoms. The molecule has 1 aliphatic rings. The topological polar surface area (TPSA) is 18.5 Å². The average Bonchev–Trinajstić information content (AvgIpc) is 2.61. The van der Waals surface area contributed by atoms with Crippen molar-refractivity contribution in [1.29, 1.82) is 0 Å². The zero-order chi connectivity index (χ0) is 17.8. The minimum Gasteiger partial charge on any atom is -0.346 e. The van der Waals surface area contributed by atoms with Crippen molar-refractivity contribution in [2.24, 2.45) is 0 Å². The van der Waals surface area contributed by atoms with Crippen molar-refractivity contribution < 1.29 is 0 Å². The van der Waals surface area contributed by atoms with E-state index in [1.54, 1.807) is 0 Å². The van der Waals surface area contributed by atoms with Crippen LogP contribution in [0.5, 0.6) is 0 Å². The van der Waals surface area contributed by atoms with Crippen LogP contribution in [0.4, 0.5) is 5.69 Å². The predicted molar refractivity (Wildman–Crippen MR) is 110 cm³/mol. The highest BCUT2D eigenvalue weighted by Crippen LogP contribution is 2.19. The van der Waals surface area contributed by atoms with Gasteiger partial charge in [0.2, 0.25) is 0 Å². The molecule has 0 unspecified atom stereocenters. The number of anilines is 1. The van der Waals surface area contributed by atoms with Crippen LogP contribution in [0.2, 0.25) is 0 Å². The van der Waals surface area contributed by atoms with Gasteiger partial charge in [0.1, 0.15) is 0 Å². The second kappa shape index (κ2) is 7.98. The summed E-state index contributed by atoms with van der Waals surface area (Å²) in [6, 6.07) is 15.1. The summed E-state index contributed by atoms with van der Waals surface area (Å²) in [5.74, 6) is 0. The third-order valence-electron chi connectivity index (χ3n) is 5.03. The summed E-state index contributed by atoms with van der Waals surface area (Å²) in [4.78, 5) is 4.78. The van der Waals surface area contributed by atoms with E-state index in [1.807, 2.05) is 0 Å². The van der Waals surface area contributed by atoms with E-state index in [2.05, 4.69) is 78.4 Å². The minimum absolute atomic E-state index is 0.837. The molecule has 0 amide bonds. The molecule has 1 aliphatic heterocycles. The fourth-order valence-electron chi connectivity index (χ4n) is 3.14. The summed E-state index contributed by atoms with van der Waals surface area (Å²) in [5, 5.41) is 4.27. The Labute approximate surface area is 156 Å². The standard InChI is InChI=1S/C21H27N3S/c1-16-7-9-19(10-8-16)15-23-11-13-24(14-12-23)21(25)22-20-6-4-5-17(2)18(20)3/h4-10H,11-15H2,1-3H3,(H,22,25). The van der Waals surface area contributed by atoms with Crippen molar-refractivity contribution in [3.63, 3.8) is 0 Å². The molecule has 25 heavy (non-hydrogen) atoms. The molecule has 1 saturated heterocycles. The molecule has 1 N–H and O–H groups in total. The van der Waals surface area contributed by atoms with E-state index in [-0.39, 0.29) is 0 Å². The summed E-state index contributed by atoms with van der Waals surface area (Å²) in [6.45, 7) is 11.5. The van der Waals surface area contributed by atoms with Crippen LogP contribution in [-0.4, -0.2) is 41.1 Å². The first kappa shape index (κ1) is 17.9. The molecular weight excluding hydrogens is 326 g/mol. The van der Waals surface area contributed by atoms with Gasteiger partial charge in [0.25, 0.3) is 0 Å². The number of piperazine rings is 1. The Balaban J connectivity index is 1.52. The highest BCUT2D eigenvalue weighted by atomic mass is 32.1. The number of hydrogen-bond acceptors (Lipinski definition) is 2. The largest absolute Gasteiger partial charge is 0.346 e. The van der Waals surface area contributed by atoms with Crippen LogP contribution >= 0.6 is 12.2 Å². The first-order chi connectivity index (χ1) is 12.0. The van der Waals surface area contributed by atoms with Crippen LogP contribution in [0.25, 0.3) is 0 Å². The Morgan fingerprint density at radius 1 is 0.960 bits per heavy atom. The summed E-state index contributed by atoms with van der Waals surface area (Å²) < 4.78 is 0.